The lowest BCUT2D eigenvalue weighted by Crippen LogP contribution is -2.64. The molecule has 2 fully saturated rings. The van der Waals surface area contributed by atoms with Gasteiger partial charge in [-0.15, -0.1) is 0 Å². The first-order chi connectivity index (χ1) is 14.7. The van der Waals surface area contributed by atoms with Crippen LogP contribution in [0.5, 0.6) is 0 Å². The van der Waals surface area contributed by atoms with Gasteiger partial charge in [-0.05, 0) is 43.5 Å². The normalized spacial score (nSPS) is 30.0. The fourth-order valence-electron chi connectivity index (χ4n) is 4.27. The predicted molar refractivity (Wildman–Crippen MR) is 125 cm³/mol. The van der Waals surface area contributed by atoms with Crippen molar-refractivity contribution in [1.82, 2.24) is 4.81 Å². The topological polar surface area (TPSA) is 80.7 Å². The second-order valence-corrected chi connectivity index (χ2v) is 15.7. The van der Waals surface area contributed by atoms with Crippen LogP contribution >= 0.6 is 0 Å². The monoisotopic (exact) mass is 462 g/mol. The number of carbonyl (C=O) groups excluding carboxylic acids is 1. The molecule has 1 aromatic rings. The number of ether oxygens (including phenoxy) is 3. The van der Waals surface area contributed by atoms with Crippen molar-refractivity contribution in [3.05, 3.63) is 24.3 Å². The standard InChI is InChI=1S/C22H35BN2O6Si/c1-21(2,3)32(7,8)28-13-16-17-18(31-22(4,5)30-17)19(29-16)25-15-12-10-9-11-14(15)23(27)24(6)20(25)26/h9-12,16-19,27H,13H2,1-8H3/t16-,17-,18-,19-/m1/s1. The van der Waals surface area contributed by atoms with Crippen molar-refractivity contribution in [2.45, 2.75) is 83.1 Å². The Morgan fingerprint density at radius 1 is 1.19 bits per heavy atom. The van der Waals surface area contributed by atoms with E-state index in [1.54, 1.807) is 11.9 Å². The molecule has 0 spiro atoms. The Morgan fingerprint density at radius 2 is 1.81 bits per heavy atom. The smallest absolute Gasteiger partial charge is 0.428 e. The van der Waals surface area contributed by atoms with Gasteiger partial charge in [0.2, 0.25) is 0 Å². The van der Waals surface area contributed by atoms with Gasteiger partial charge in [-0.25, -0.2) is 4.79 Å². The van der Waals surface area contributed by atoms with Gasteiger partial charge in [-0.2, -0.15) is 0 Å². The highest BCUT2D eigenvalue weighted by atomic mass is 28.4. The van der Waals surface area contributed by atoms with Gasteiger partial charge in [0.05, 0.1) is 6.61 Å². The number of fused-ring (bicyclic) bond motifs is 2. The summed E-state index contributed by atoms with van der Waals surface area (Å²) in [6.07, 6.45) is -1.91. The molecule has 0 bridgehead atoms. The van der Waals surface area contributed by atoms with Crippen LogP contribution in [-0.4, -0.2) is 75.2 Å². The Balaban J connectivity index is 1.65. The molecule has 0 unspecified atom stereocenters. The number of amides is 2. The molecular formula is C22H35BN2O6Si. The zero-order valence-electron chi connectivity index (χ0n) is 20.3. The molecule has 3 aliphatic rings. The lowest BCUT2D eigenvalue weighted by atomic mass is 9.69. The number of anilines is 1. The van der Waals surface area contributed by atoms with Gasteiger partial charge in [0.25, 0.3) is 0 Å². The molecule has 1 aromatic carbocycles. The van der Waals surface area contributed by atoms with E-state index >= 15 is 0 Å². The Morgan fingerprint density at radius 3 is 2.47 bits per heavy atom. The minimum Gasteiger partial charge on any atom is -0.428 e. The lowest BCUT2D eigenvalue weighted by Gasteiger charge is -2.41. The van der Waals surface area contributed by atoms with Gasteiger partial charge in [0.15, 0.2) is 20.3 Å². The maximum Gasteiger partial charge on any atom is 0.454 e. The summed E-state index contributed by atoms with van der Waals surface area (Å²) in [5, 5.41) is 10.7. The molecule has 0 radical (unpaired) electrons. The number of rotatable bonds is 4. The number of benzene rings is 1. The van der Waals surface area contributed by atoms with Gasteiger partial charge in [-0.3, -0.25) is 4.90 Å². The van der Waals surface area contributed by atoms with Gasteiger partial charge in [0.1, 0.15) is 18.3 Å². The number of nitrogens with zero attached hydrogens (tertiary/aromatic N) is 2. The number of carbonyl (C=O) groups is 1. The zero-order valence-corrected chi connectivity index (χ0v) is 21.3. The van der Waals surface area contributed by atoms with Crippen LogP contribution in [0.2, 0.25) is 18.1 Å². The quantitative estimate of drug-likeness (QED) is 0.693. The van der Waals surface area contributed by atoms with Crippen molar-refractivity contribution in [2.24, 2.45) is 0 Å². The zero-order chi connectivity index (χ0) is 23.6. The molecule has 0 aliphatic carbocycles. The van der Waals surface area contributed by atoms with E-state index in [9.17, 15) is 9.82 Å². The molecular weight excluding hydrogens is 427 g/mol. The van der Waals surface area contributed by atoms with Gasteiger partial charge in [0, 0.05) is 12.7 Å². The first-order valence-electron chi connectivity index (χ1n) is 11.2. The molecule has 8 nitrogen and oxygen atoms in total. The molecule has 1 N–H and O–H groups in total. The van der Waals surface area contributed by atoms with Crippen molar-refractivity contribution < 1.29 is 28.5 Å². The van der Waals surface area contributed by atoms with Gasteiger partial charge < -0.3 is 28.5 Å². The summed E-state index contributed by atoms with van der Waals surface area (Å²) in [5.74, 6) is -0.795. The molecule has 2 saturated heterocycles. The van der Waals surface area contributed by atoms with E-state index in [-0.39, 0.29) is 23.3 Å². The third-order valence-electron chi connectivity index (χ3n) is 7.14. The fraction of sp³-hybridized carbons (Fsp3) is 0.682. The van der Waals surface area contributed by atoms with Crippen LogP contribution in [-0.2, 0) is 18.6 Å². The third-order valence-corrected chi connectivity index (χ3v) is 11.6. The minimum absolute atomic E-state index is 0.0668. The number of hydrogen-bond acceptors (Lipinski definition) is 6. The van der Waals surface area contributed by atoms with Gasteiger partial charge in [-0.1, -0.05) is 39.0 Å². The van der Waals surface area contributed by atoms with Crippen LogP contribution in [0.15, 0.2) is 24.3 Å². The first kappa shape index (κ1) is 23.7. The minimum atomic E-state index is -2.00. The van der Waals surface area contributed by atoms with Crippen molar-refractivity contribution in [3.8, 4) is 0 Å². The summed E-state index contributed by atoms with van der Waals surface area (Å²) in [6.45, 7) is 15.1. The van der Waals surface area contributed by atoms with E-state index in [0.717, 1.165) is 0 Å². The summed E-state index contributed by atoms with van der Waals surface area (Å²) < 4.78 is 25.3. The molecule has 10 heteroatoms. The number of urea groups is 1. The molecule has 32 heavy (non-hydrogen) atoms. The summed E-state index contributed by atoms with van der Waals surface area (Å²) >= 11 is 0. The van der Waals surface area contributed by atoms with Crippen molar-refractivity contribution in [3.63, 3.8) is 0 Å². The Kier molecular flexibility index (Phi) is 5.79. The van der Waals surface area contributed by atoms with E-state index in [4.69, 9.17) is 18.6 Å². The van der Waals surface area contributed by atoms with Crippen LogP contribution in [0, 0.1) is 0 Å². The fourth-order valence-corrected chi connectivity index (χ4v) is 5.28. The van der Waals surface area contributed by atoms with E-state index in [0.29, 0.717) is 17.8 Å². The third kappa shape index (κ3) is 3.91. The predicted octanol–water partition coefficient (Wildman–Crippen LogP) is 2.51. The van der Waals surface area contributed by atoms with Gasteiger partial charge >= 0.3 is 13.1 Å². The second kappa shape index (κ2) is 7.82. The van der Waals surface area contributed by atoms with Crippen LogP contribution in [0.3, 0.4) is 0 Å². The summed E-state index contributed by atoms with van der Waals surface area (Å²) in [5.41, 5.74) is 1.26. The van der Waals surface area contributed by atoms with E-state index in [1.165, 1.54) is 4.81 Å². The summed E-state index contributed by atoms with van der Waals surface area (Å²) in [6, 6.07) is 6.98. The average molecular weight is 462 g/mol. The number of hydrogen-bond donors (Lipinski definition) is 1. The lowest BCUT2D eigenvalue weighted by molar-refractivity contribution is -0.188. The van der Waals surface area contributed by atoms with E-state index < -0.39 is 33.5 Å². The highest BCUT2D eigenvalue weighted by Crippen LogP contribution is 2.43. The van der Waals surface area contributed by atoms with E-state index in [2.05, 4.69) is 33.9 Å². The average Bonchev–Trinajstić information content (AvgIpc) is 3.17. The molecule has 4 atom stereocenters. The maximum absolute atomic E-state index is 13.3. The Bertz CT molecular complexity index is 891. The first-order valence-corrected chi connectivity index (χ1v) is 14.1. The summed E-state index contributed by atoms with van der Waals surface area (Å²) in [4.78, 5) is 16.2. The molecule has 0 aromatic heterocycles. The SMILES string of the molecule is CN1B(O)c2ccccc2N([C@@H]2O[C@H](CO[Si](C)(C)C(C)(C)C)[C@H]3OC(C)(C)O[C@H]32)C1=O. The molecule has 176 valence electrons. The van der Waals surface area contributed by atoms with Crippen LogP contribution in [0.1, 0.15) is 34.6 Å². The second-order valence-electron chi connectivity index (χ2n) is 10.9. The highest BCUT2D eigenvalue weighted by Gasteiger charge is 2.59. The highest BCUT2D eigenvalue weighted by molar-refractivity contribution is 6.74. The molecule has 3 heterocycles. The molecule has 3 aliphatic heterocycles. The van der Waals surface area contributed by atoms with Crippen molar-refractivity contribution >= 4 is 32.5 Å². The molecule has 2 amide bonds. The van der Waals surface area contributed by atoms with Crippen LogP contribution < -0.4 is 10.4 Å². The largest absolute Gasteiger partial charge is 0.454 e. The van der Waals surface area contributed by atoms with Crippen molar-refractivity contribution in [2.75, 3.05) is 18.6 Å². The van der Waals surface area contributed by atoms with E-state index in [1.807, 2.05) is 38.1 Å². The maximum atomic E-state index is 13.3. The Hall–Kier alpha value is -1.43. The Labute approximate surface area is 192 Å². The van der Waals surface area contributed by atoms with Crippen LogP contribution in [0.4, 0.5) is 10.5 Å². The number of para-hydroxylation sites is 1. The molecule has 4 rings (SSSR count). The van der Waals surface area contributed by atoms with Crippen molar-refractivity contribution in [1.29, 1.82) is 0 Å². The van der Waals surface area contributed by atoms with Crippen LogP contribution in [0.25, 0.3) is 0 Å². The molecule has 0 saturated carbocycles. The summed E-state index contributed by atoms with van der Waals surface area (Å²) in [7, 11) is -1.44.